The zero-order chi connectivity index (χ0) is 33.4. The number of hydrogen-bond acceptors (Lipinski definition) is 0. The molecule has 0 spiro atoms. The third-order valence-electron chi connectivity index (χ3n) is 8.91. The molecule has 0 saturated carbocycles. The van der Waals surface area contributed by atoms with Crippen LogP contribution in [0.15, 0.2) is 109 Å². The van der Waals surface area contributed by atoms with Crippen LogP contribution in [0.3, 0.4) is 0 Å². The van der Waals surface area contributed by atoms with E-state index in [4.69, 9.17) is 0 Å². The van der Waals surface area contributed by atoms with E-state index in [0.717, 1.165) is 22.4 Å². The Hall–Kier alpha value is -2.81. The van der Waals surface area contributed by atoms with E-state index in [1.807, 2.05) is 0 Å². The van der Waals surface area contributed by atoms with E-state index < -0.39 is 0 Å². The van der Waals surface area contributed by atoms with Crippen LogP contribution in [0.25, 0.3) is 43.8 Å². The molecule has 0 amide bonds. The van der Waals surface area contributed by atoms with Gasteiger partial charge in [-0.3, -0.25) is 0 Å². The van der Waals surface area contributed by atoms with Gasteiger partial charge in [-0.15, -0.1) is 69.1 Å². The molecule has 2 radical (unpaired) electrons. The molecule has 48 heavy (non-hydrogen) atoms. The van der Waals surface area contributed by atoms with E-state index in [0.29, 0.717) is 0 Å². The van der Waals surface area contributed by atoms with Crippen LogP contribution in [0.4, 0.5) is 0 Å². The van der Waals surface area contributed by atoms with Crippen LogP contribution < -0.4 is 0 Å². The van der Waals surface area contributed by atoms with Crippen molar-refractivity contribution in [2.75, 3.05) is 0 Å². The van der Waals surface area contributed by atoms with Gasteiger partial charge in [0.1, 0.15) is 0 Å². The van der Waals surface area contributed by atoms with Gasteiger partial charge in [-0.1, -0.05) is 151 Å². The Balaban J connectivity index is 0.000000236. The average Bonchev–Trinajstić information content (AvgIpc) is 3.72. The SMILES string of the molecule is CCCCc1cc2c(-c3ccccc3CCC)cccc2[cH-]1.CCCCc1cc2c(-c3ccccc3CCC)cccc2[cH-]1.C[Si]C.[Hf]. The first-order chi connectivity index (χ1) is 23.1. The number of unbranched alkanes of at least 4 members (excludes halogenated alkanes) is 2. The predicted octanol–water partition coefficient (Wildman–Crippen LogP) is 13.8. The van der Waals surface area contributed by atoms with Crippen molar-refractivity contribution in [3.63, 3.8) is 0 Å². The molecule has 0 aliphatic carbocycles. The predicted molar refractivity (Wildman–Crippen MR) is 213 cm³/mol. The summed E-state index contributed by atoms with van der Waals surface area (Å²) >= 11 is 0. The fourth-order valence-corrected chi connectivity index (χ4v) is 6.65. The Morgan fingerprint density at radius 1 is 0.458 bits per heavy atom. The molecule has 6 rings (SSSR count). The van der Waals surface area contributed by atoms with E-state index >= 15 is 0 Å². The Kier molecular flexibility index (Phi) is 17.6. The van der Waals surface area contributed by atoms with Gasteiger partial charge >= 0.3 is 0 Å². The molecule has 0 N–H and O–H groups in total. The minimum absolute atomic E-state index is 0. The number of rotatable bonds is 12. The van der Waals surface area contributed by atoms with Crippen LogP contribution in [0.1, 0.15) is 88.5 Å². The van der Waals surface area contributed by atoms with Crippen LogP contribution in [0.2, 0.25) is 13.1 Å². The molecule has 250 valence electrons. The standard InChI is InChI=1S/2C22H25.C2H6Si.Hf/c2*1-3-5-10-17-15-19-12-8-14-21(22(19)16-17)20-13-7-6-11-18(20)9-4-2;1-3-2;/h2*6-8,11-16H,3-5,9-10H2,1-2H3;1-2H3;/q2*-1;;. The number of fused-ring (bicyclic) bond motifs is 2. The third-order valence-corrected chi connectivity index (χ3v) is 8.91. The Morgan fingerprint density at radius 2 is 0.833 bits per heavy atom. The molecule has 0 aliphatic heterocycles. The van der Waals surface area contributed by atoms with Gasteiger partial charge in [0.25, 0.3) is 0 Å². The Bertz CT molecular complexity index is 1650. The van der Waals surface area contributed by atoms with Crippen LogP contribution in [0, 0.1) is 0 Å². The molecular formula is C46H56HfSi-2. The molecule has 0 aromatic heterocycles. The summed E-state index contributed by atoms with van der Waals surface area (Å²) in [5.74, 6) is 0. The van der Waals surface area contributed by atoms with Gasteiger partial charge in [-0.05, 0) is 47.9 Å². The zero-order valence-electron chi connectivity index (χ0n) is 30.5. The summed E-state index contributed by atoms with van der Waals surface area (Å²) in [6.45, 7) is 13.3. The Labute approximate surface area is 313 Å². The fraction of sp³-hybridized carbons (Fsp3) is 0.348. The molecule has 6 aromatic rings. The van der Waals surface area contributed by atoms with E-state index in [9.17, 15) is 0 Å². The molecule has 0 fully saturated rings. The van der Waals surface area contributed by atoms with Crippen molar-refractivity contribution in [1.29, 1.82) is 0 Å². The normalized spacial score (nSPS) is 10.6. The van der Waals surface area contributed by atoms with Crippen molar-refractivity contribution in [3.8, 4) is 22.3 Å². The van der Waals surface area contributed by atoms with E-state index in [1.165, 1.54) is 117 Å². The summed E-state index contributed by atoms with van der Waals surface area (Å²) in [5, 5.41) is 5.60. The Morgan fingerprint density at radius 3 is 1.21 bits per heavy atom. The van der Waals surface area contributed by atoms with Crippen LogP contribution in [-0.4, -0.2) is 9.52 Å². The zero-order valence-corrected chi connectivity index (χ0v) is 35.1. The molecule has 0 unspecified atom stereocenters. The van der Waals surface area contributed by atoms with Gasteiger partial charge in [0.2, 0.25) is 0 Å². The fourth-order valence-electron chi connectivity index (χ4n) is 6.65. The summed E-state index contributed by atoms with van der Waals surface area (Å²) < 4.78 is 0. The topological polar surface area (TPSA) is 0 Å². The second-order valence-electron chi connectivity index (χ2n) is 12.9. The second kappa shape index (κ2) is 21.3. The minimum Gasteiger partial charge on any atom is -0.164 e. The maximum atomic E-state index is 2.41. The van der Waals surface area contributed by atoms with Gasteiger partial charge < -0.3 is 0 Å². The van der Waals surface area contributed by atoms with E-state index in [1.54, 1.807) is 0 Å². The van der Waals surface area contributed by atoms with Crippen molar-refractivity contribution >= 4 is 31.1 Å². The summed E-state index contributed by atoms with van der Waals surface area (Å²) in [6.07, 6.45) is 12.1. The average molecular weight is 816 g/mol. The van der Waals surface area contributed by atoms with E-state index in [2.05, 4.69) is 150 Å². The van der Waals surface area contributed by atoms with Crippen molar-refractivity contribution < 1.29 is 25.8 Å². The van der Waals surface area contributed by atoms with Gasteiger partial charge in [-0.25, -0.2) is 0 Å². The monoisotopic (exact) mass is 816 g/mol. The molecule has 0 saturated heterocycles. The molecule has 0 atom stereocenters. The first kappa shape index (κ1) is 39.6. The number of benzene rings is 4. The second-order valence-corrected chi connectivity index (χ2v) is 13.9. The van der Waals surface area contributed by atoms with Gasteiger partial charge in [0.15, 0.2) is 0 Å². The van der Waals surface area contributed by atoms with Gasteiger partial charge in [-0.2, -0.15) is 12.1 Å². The van der Waals surface area contributed by atoms with Crippen LogP contribution in [0.5, 0.6) is 0 Å². The molecule has 0 heterocycles. The van der Waals surface area contributed by atoms with E-state index in [-0.39, 0.29) is 25.8 Å². The summed E-state index contributed by atoms with van der Waals surface area (Å²) in [6, 6.07) is 40.7. The van der Waals surface area contributed by atoms with Crippen LogP contribution >= 0.6 is 0 Å². The van der Waals surface area contributed by atoms with Crippen molar-refractivity contribution in [3.05, 3.63) is 131 Å². The largest absolute Gasteiger partial charge is 0.164 e. The van der Waals surface area contributed by atoms with Gasteiger partial charge in [0, 0.05) is 35.4 Å². The molecule has 0 aliphatic rings. The summed E-state index contributed by atoms with van der Waals surface area (Å²) in [7, 11) is 1.08. The minimum atomic E-state index is 0. The third kappa shape index (κ3) is 10.6. The maximum absolute atomic E-state index is 2.41. The van der Waals surface area contributed by atoms with Gasteiger partial charge in [0.05, 0.1) is 0 Å². The van der Waals surface area contributed by atoms with Crippen molar-refractivity contribution in [1.82, 2.24) is 0 Å². The molecule has 0 nitrogen and oxygen atoms in total. The van der Waals surface area contributed by atoms with Crippen molar-refractivity contribution in [2.45, 2.75) is 105 Å². The van der Waals surface area contributed by atoms with Crippen LogP contribution in [-0.2, 0) is 51.5 Å². The molecule has 6 aromatic carbocycles. The quantitative estimate of drug-likeness (QED) is 0.0853. The summed E-state index contributed by atoms with van der Waals surface area (Å²) in [4.78, 5) is 0. The maximum Gasteiger partial charge on any atom is 0.0307 e. The summed E-state index contributed by atoms with van der Waals surface area (Å²) in [5.41, 5.74) is 11.5. The molecular weight excluding hydrogens is 759 g/mol. The van der Waals surface area contributed by atoms with Crippen molar-refractivity contribution in [2.24, 2.45) is 0 Å². The smallest absolute Gasteiger partial charge is 0.0307 e. The first-order valence-corrected chi connectivity index (χ1v) is 20.2. The molecule has 2 heteroatoms. The molecule has 0 bridgehead atoms. The number of aryl methyl sites for hydroxylation is 4. The number of hydrogen-bond donors (Lipinski definition) is 0. The first-order valence-electron chi connectivity index (χ1n) is 18.2.